The first-order valence-electron chi connectivity index (χ1n) is 8.92. The summed E-state index contributed by atoms with van der Waals surface area (Å²) in [7, 11) is 1.70. The lowest BCUT2D eigenvalue weighted by molar-refractivity contribution is -0.127. The van der Waals surface area contributed by atoms with E-state index >= 15 is 0 Å². The summed E-state index contributed by atoms with van der Waals surface area (Å²) in [4.78, 5) is 30.8. The van der Waals surface area contributed by atoms with Gasteiger partial charge >= 0.3 is 0 Å². The molecular weight excluding hydrogens is 358 g/mol. The van der Waals surface area contributed by atoms with E-state index in [0.29, 0.717) is 11.1 Å². The predicted molar refractivity (Wildman–Crippen MR) is 111 cm³/mol. The van der Waals surface area contributed by atoms with Crippen LogP contribution in [0, 0.1) is 0 Å². The summed E-state index contributed by atoms with van der Waals surface area (Å²) >= 11 is 1.34. The van der Waals surface area contributed by atoms with Crippen molar-refractivity contribution in [2.45, 2.75) is 31.4 Å². The van der Waals surface area contributed by atoms with E-state index in [1.807, 2.05) is 42.5 Å². The van der Waals surface area contributed by atoms with Crippen LogP contribution in [0.25, 0.3) is 0 Å². The maximum atomic E-state index is 12.5. The maximum Gasteiger partial charge on any atom is 0.242 e. The average Bonchev–Trinajstić information content (AvgIpc) is 2.91. The van der Waals surface area contributed by atoms with Crippen LogP contribution >= 0.6 is 11.8 Å². The Morgan fingerprint density at radius 1 is 1.15 bits per heavy atom. The van der Waals surface area contributed by atoms with Crippen molar-refractivity contribution in [1.82, 2.24) is 4.90 Å². The fourth-order valence-corrected chi connectivity index (χ4v) is 3.90. The Kier molecular flexibility index (Phi) is 5.96. The molecule has 1 heterocycles. The van der Waals surface area contributed by atoms with Crippen LogP contribution in [0.3, 0.4) is 0 Å². The third-order valence-corrected chi connectivity index (χ3v) is 5.58. The number of anilines is 1. The summed E-state index contributed by atoms with van der Waals surface area (Å²) in [6, 6.07) is 17.3. The molecule has 0 aliphatic carbocycles. The van der Waals surface area contributed by atoms with Gasteiger partial charge in [0.05, 0.1) is 5.69 Å². The molecule has 140 valence electrons. The first-order valence-corrected chi connectivity index (χ1v) is 9.80. The fraction of sp³-hybridized carbons (Fsp3) is 0.286. The van der Waals surface area contributed by atoms with Gasteiger partial charge in [-0.05, 0) is 35.7 Å². The number of para-hydroxylation sites is 1. The average molecular weight is 382 g/mol. The van der Waals surface area contributed by atoms with Crippen LogP contribution in [0.5, 0.6) is 0 Å². The number of nitrogens with one attached hydrogen (secondary N) is 1. The molecule has 1 atom stereocenters. The van der Waals surface area contributed by atoms with E-state index in [1.54, 1.807) is 7.05 Å². The number of aliphatic imine (C=N–C) groups is 1. The van der Waals surface area contributed by atoms with Crippen molar-refractivity contribution in [3.8, 4) is 0 Å². The predicted octanol–water partition coefficient (Wildman–Crippen LogP) is 4.40. The highest BCUT2D eigenvalue weighted by atomic mass is 32.2. The fourth-order valence-electron chi connectivity index (χ4n) is 2.74. The van der Waals surface area contributed by atoms with Gasteiger partial charge in [0.25, 0.3) is 0 Å². The van der Waals surface area contributed by atoms with E-state index in [9.17, 15) is 9.59 Å². The van der Waals surface area contributed by atoms with Gasteiger partial charge < -0.3 is 5.32 Å². The number of hydrogen-bond acceptors (Lipinski definition) is 4. The van der Waals surface area contributed by atoms with Crippen LogP contribution < -0.4 is 5.32 Å². The minimum Gasteiger partial charge on any atom is -0.326 e. The van der Waals surface area contributed by atoms with Gasteiger partial charge in [-0.2, -0.15) is 0 Å². The molecule has 2 amide bonds. The number of amides is 2. The Bertz CT molecular complexity index is 847. The Morgan fingerprint density at radius 2 is 1.81 bits per heavy atom. The number of nitrogens with zero attached hydrogens (tertiary/aromatic N) is 2. The Hall–Kier alpha value is -2.60. The number of hydrogen-bond donors (Lipinski definition) is 1. The normalized spacial score (nSPS) is 18.4. The molecule has 1 aliphatic heterocycles. The topological polar surface area (TPSA) is 61.8 Å². The Labute approximate surface area is 163 Å². The SMILES string of the molecule is CC(C)c1ccc(N=C2S[C@@H](CC(=O)Nc3ccccc3)C(=O)N2C)cc1. The first kappa shape index (κ1) is 19.2. The molecule has 5 nitrogen and oxygen atoms in total. The van der Waals surface area contributed by atoms with Gasteiger partial charge in [-0.15, -0.1) is 0 Å². The lowest BCUT2D eigenvalue weighted by Gasteiger charge is -2.09. The molecule has 0 aromatic heterocycles. The molecule has 0 saturated carbocycles. The summed E-state index contributed by atoms with van der Waals surface area (Å²) in [6.45, 7) is 4.29. The van der Waals surface area contributed by atoms with Gasteiger partial charge in [-0.25, -0.2) is 4.99 Å². The zero-order valence-corrected chi connectivity index (χ0v) is 16.5. The second-order valence-electron chi connectivity index (χ2n) is 6.76. The van der Waals surface area contributed by atoms with Gasteiger partial charge in [-0.1, -0.05) is 55.9 Å². The van der Waals surface area contributed by atoms with Crippen LogP contribution in [-0.4, -0.2) is 34.2 Å². The van der Waals surface area contributed by atoms with Gasteiger partial charge in [0.1, 0.15) is 5.25 Å². The van der Waals surface area contributed by atoms with Crippen molar-refractivity contribution in [1.29, 1.82) is 0 Å². The van der Waals surface area contributed by atoms with Crippen LogP contribution in [-0.2, 0) is 9.59 Å². The zero-order valence-electron chi connectivity index (χ0n) is 15.7. The van der Waals surface area contributed by atoms with Crippen LogP contribution in [0.2, 0.25) is 0 Å². The number of carbonyl (C=O) groups excluding carboxylic acids is 2. The molecule has 2 aromatic rings. The summed E-state index contributed by atoms with van der Waals surface area (Å²) in [5, 5.41) is 2.99. The molecule has 1 saturated heterocycles. The van der Waals surface area contributed by atoms with Crippen LogP contribution in [0.15, 0.2) is 59.6 Å². The minimum atomic E-state index is -0.451. The highest BCUT2D eigenvalue weighted by Crippen LogP contribution is 2.31. The quantitative estimate of drug-likeness (QED) is 0.835. The summed E-state index contributed by atoms with van der Waals surface area (Å²) in [5.41, 5.74) is 2.78. The third kappa shape index (κ3) is 4.77. The molecule has 1 N–H and O–H groups in total. The molecule has 0 unspecified atom stereocenters. The lowest BCUT2D eigenvalue weighted by atomic mass is 10.0. The molecule has 0 spiro atoms. The number of rotatable bonds is 5. The monoisotopic (exact) mass is 381 g/mol. The van der Waals surface area contributed by atoms with E-state index in [-0.39, 0.29) is 18.2 Å². The molecule has 0 bridgehead atoms. The van der Waals surface area contributed by atoms with Crippen LogP contribution in [0.4, 0.5) is 11.4 Å². The molecule has 27 heavy (non-hydrogen) atoms. The standard InChI is InChI=1S/C21H23N3O2S/c1-14(2)15-9-11-17(12-10-15)23-21-24(3)20(26)18(27-21)13-19(25)22-16-7-5-4-6-8-16/h4-12,14,18H,13H2,1-3H3,(H,22,25)/t18-/m0/s1. The van der Waals surface area contributed by atoms with Gasteiger partial charge in [0.15, 0.2) is 5.17 Å². The van der Waals surface area contributed by atoms with Crippen molar-refractivity contribution in [2.75, 3.05) is 12.4 Å². The van der Waals surface area contributed by atoms with E-state index in [2.05, 4.69) is 36.3 Å². The van der Waals surface area contributed by atoms with Crippen LogP contribution in [0.1, 0.15) is 31.7 Å². The maximum absolute atomic E-state index is 12.5. The number of thioether (sulfide) groups is 1. The van der Waals surface area contributed by atoms with E-state index < -0.39 is 5.25 Å². The zero-order chi connectivity index (χ0) is 19.4. The molecule has 0 radical (unpaired) electrons. The highest BCUT2D eigenvalue weighted by molar-refractivity contribution is 8.15. The largest absolute Gasteiger partial charge is 0.326 e. The smallest absolute Gasteiger partial charge is 0.242 e. The lowest BCUT2D eigenvalue weighted by Crippen LogP contribution is -2.30. The first-order chi connectivity index (χ1) is 12.9. The molecule has 1 aliphatic rings. The highest BCUT2D eigenvalue weighted by Gasteiger charge is 2.36. The van der Waals surface area contributed by atoms with E-state index in [0.717, 1.165) is 11.4 Å². The van der Waals surface area contributed by atoms with Gasteiger partial charge in [0, 0.05) is 19.2 Å². The molecule has 6 heteroatoms. The van der Waals surface area contributed by atoms with E-state index in [4.69, 9.17) is 0 Å². The molecule has 3 rings (SSSR count). The minimum absolute atomic E-state index is 0.0965. The second kappa shape index (κ2) is 8.39. The molecule has 1 fully saturated rings. The Balaban J connectivity index is 1.66. The van der Waals surface area contributed by atoms with Crippen molar-refractivity contribution in [2.24, 2.45) is 4.99 Å². The summed E-state index contributed by atoms with van der Waals surface area (Å²) in [6.07, 6.45) is 0.119. The Morgan fingerprint density at radius 3 is 2.44 bits per heavy atom. The summed E-state index contributed by atoms with van der Waals surface area (Å²) < 4.78 is 0. The molecular formula is C21H23N3O2S. The number of benzene rings is 2. The van der Waals surface area contributed by atoms with Gasteiger partial charge in [-0.3, -0.25) is 14.5 Å². The molecule has 2 aromatic carbocycles. The van der Waals surface area contributed by atoms with Crippen molar-refractivity contribution in [3.05, 3.63) is 60.2 Å². The number of amidine groups is 1. The third-order valence-electron chi connectivity index (χ3n) is 4.35. The van der Waals surface area contributed by atoms with Crippen molar-refractivity contribution >= 4 is 40.1 Å². The van der Waals surface area contributed by atoms with Crippen molar-refractivity contribution < 1.29 is 9.59 Å². The van der Waals surface area contributed by atoms with E-state index in [1.165, 1.54) is 22.2 Å². The summed E-state index contributed by atoms with van der Waals surface area (Å²) in [5.74, 6) is 0.188. The van der Waals surface area contributed by atoms with Crippen molar-refractivity contribution in [3.63, 3.8) is 0 Å². The number of carbonyl (C=O) groups is 2. The second-order valence-corrected chi connectivity index (χ2v) is 7.93. The van der Waals surface area contributed by atoms with Gasteiger partial charge in [0.2, 0.25) is 11.8 Å².